The SMILES string of the molecule is Cc1nc(N2CCc3sccc3C2)sc1C(C)O. The van der Waals surface area contributed by atoms with Gasteiger partial charge < -0.3 is 10.0 Å². The van der Waals surface area contributed by atoms with Crippen molar-refractivity contribution in [1.29, 1.82) is 0 Å². The molecule has 0 saturated carbocycles. The number of nitrogens with zero attached hydrogens (tertiary/aromatic N) is 2. The lowest BCUT2D eigenvalue weighted by atomic mass is 10.1. The van der Waals surface area contributed by atoms with Gasteiger partial charge in [-0.15, -0.1) is 11.3 Å². The van der Waals surface area contributed by atoms with Gasteiger partial charge in [-0.3, -0.25) is 0 Å². The Morgan fingerprint density at radius 2 is 2.33 bits per heavy atom. The summed E-state index contributed by atoms with van der Waals surface area (Å²) >= 11 is 3.47. The molecule has 0 spiro atoms. The van der Waals surface area contributed by atoms with E-state index in [1.807, 2.05) is 18.3 Å². The molecule has 1 aliphatic rings. The second-order valence-corrected chi connectivity index (χ2v) is 6.67. The number of anilines is 1. The van der Waals surface area contributed by atoms with Gasteiger partial charge in [0.05, 0.1) is 16.7 Å². The molecule has 3 rings (SSSR count). The van der Waals surface area contributed by atoms with E-state index in [0.717, 1.165) is 35.2 Å². The number of fused-ring (bicyclic) bond motifs is 1. The summed E-state index contributed by atoms with van der Waals surface area (Å²) in [6.45, 7) is 5.75. The second-order valence-electron chi connectivity index (χ2n) is 4.66. The van der Waals surface area contributed by atoms with Crippen molar-refractivity contribution < 1.29 is 5.11 Å². The largest absolute Gasteiger partial charge is 0.388 e. The Morgan fingerprint density at radius 1 is 1.50 bits per heavy atom. The number of aliphatic hydroxyl groups is 1. The van der Waals surface area contributed by atoms with E-state index in [1.165, 1.54) is 10.4 Å². The van der Waals surface area contributed by atoms with Crippen LogP contribution in [0.2, 0.25) is 0 Å². The number of hydrogen-bond acceptors (Lipinski definition) is 5. The van der Waals surface area contributed by atoms with Crippen molar-refractivity contribution in [2.45, 2.75) is 32.9 Å². The lowest BCUT2D eigenvalue weighted by Gasteiger charge is -2.26. The average molecular weight is 280 g/mol. The molecule has 3 nitrogen and oxygen atoms in total. The zero-order chi connectivity index (χ0) is 12.7. The summed E-state index contributed by atoms with van der Waals surface area (Å²) in [5, 5.41) is 12.9. The van der Waals surface area contributed by atoms with Crippen LogP contribution in [0, 0.1) is 6.92 Å². The summed E-state index contributed by atoms with van der Waals surface area (Å²) in [7, 11) is 0. The van der Waals surface area contributed by atoms with E-state index in [-0.39, 0.29) is 0 Å². The number of aliphatic hydroxyl groups excluding tert-OH is 1. The van der Waals surface area contributed by atoms with Gasteiger partial charge in [-0.25, -0.2) is 4.98 Å². The molecule has 0 aromatic carbocycles. The number of aromatic nitrogens is 1. The molecule has 0 saturated heterocycles. The fourth-order valence-electron chi connectivity index (χ4n) is 2.33. The quantitative estimate of drug-likeness (QED) is 0.918. The van der Waals surface area contributed by atoms with Crippen molar-refractivity contribution in [1.82, 2.24) is 4.98 Å². The predicted octanol–water partition coefficient (Wildman–Crippen LogP) is 3.13. The molecule has 0 fully saturated rings. The van der Waals surface area contributed by atoms with E-state index >= 15 is 0 Å². The van der Waals surface area contributed by atoms with Crippen molar-refractivity contribution in [2.24, 2.45) is 0 Å². The third-order valence-corrected chi connectivity index (χ3v) is 5.69. The maximum Gasteiger partial charge on any atom is 0.186 e. The highest BCUT2D eigenvalue weighted by Crippen LogP contribution is 2.34. The van der Waals surface area contributed by atoms with Crippen LogP contribution in [0.25, 0.3) is 0 Å². The molecule has 0 radical (unpaired) electrons. The number of rotatable bonds is 2. The van der Waals surface area contributed by atoms with Gasteiger partial charge >= 0.3 is 0 Å². The highest BCUT2D eigenvalue weighted by atomic mass is 32.1. The van der Waals surface area contributed by atoms with E-state index in [4.69, 9.17) is 0 Å². The lowest BCUT2D eigenvalue weighted by Crippen LogP contribution is -2.29. The van der Waals surface area contributed by atoms with Crippen LogP contribution in [0.5, 0.6) is 0 Å². The van der Waals surface area contributed by atoms with Gasteiger partial charge in [0.15, 0.2) is 5.13 Å². The molecule has 96 valence electrons. The fraction of sp³-hybridized carbons (Fsp3) is 0.462. The zero-order valence-corrected chi connectivity index (χ0v) is 12.1. The minimum atomic E-state index is -0.419. The standard InChI is InChI=1S/C13H16N2OS2/c1-8-12(9(2)16)18-13(14-8)15-5-3-11-10(7-15)4-6-17-11/h4,6,9,16H,3,5,7H2,1-2H3. The number of thiazole rings is 1. The van der Waals surface area contributed by atoms with Crippen LogP contribution in [0.3, 0.4) is 0 Å². The van der Waals surface area contributed by atoms with Crippen molar-refractivity contribution in [3.63, 3.8) is 0 Å². The number of hydrogen-bond donors (Lipinski definition) is 1. The van der Waals surface area contributed by atoms with Crippen LogP contribution in [0.15, 0.2) is 11.4 Å². The zero-order valence-electron chi connectivity index (χ0n) is 10.5. The molecule has 1 unspecified atom stereocenters. The normalized spacial score (nSPS) is 16.7. The molecule has 2 aromatic heterocycles. The molecular weight excluding hydrogens is 264 g/mol. The Kier molecular flexibility index (Phi) is 3.13. The second kappa shape index (κ2) is 4.64. The molecule has 0 bridgehead atoms. The van der Waals surface area contributed by atoms with Gasteiger partial charge in [-0.05, 0) is 37.3 Å². The van der Waals surface area contributed by atoms with E-state index in [0.29, 0.717) is 0 Å². The van der Waals surface area contributed by atoms with Gasteiger partial charge in [-0.1, -0.05) is 11.3 Å². The molecule has 2 aromatic rings. The molecule has 0 aliphatic carbocycles. The van der Waals surface area contributed by atoms with E-state index in [1.54, 1.807) is 18.3 Å². The fourth-order valence-corrected chi connectivity index (χ4v) is 4.25. The van der Waals surface area contributed by atoms with Gasteiger partial charge in [0.1, 0.15) is 0 Å². The first-order valence-electron chi connectivity index (χ1n) is 6.10. The van der Waals surface area contributed by atoms with E-state index in [2.05, 4.69) is 21.3 Å². The molecule has 0 amide bonds. The highest BCUT2D eigenvalue weighted by Gasteiger charge is 2.21. The summed E-state index contributed by atoms with van der Waals surface area (Å²) in [6, 6.07) is 2.21. The van der Waals surface area contributed by atoms with Crippen LogP contribution in [-0.2, 0) is 13.0 Å². The van der Waals surface area contributed by atoms with Crippen molar-refractivity contribution in [3.8, 4) is 0 Å². The minimum absolute atomic E-state index is 0.419. The topological polar surface area (TPSA) is 36.4 Å². The van der Waals surface area contributed by atoms with Gasteiger partial charge in [0.25, 0.3) is 0 Å². The van der Waals surface area contributed by atoms with E-state index < -0.39 is 6.10 Å². The summed E-state index contributed by atoms with van der Waals surface area (Å²) < 4.78 is 0. The summed E-state index contributed by atoms with van der Waals surface area (Å²) in [5.74, 6) is 0. The predicted molar refractivity (Wildman–Crippen MR) is 76.6 cm³/mol. The maximum absolute atomic E-state index is 9.69. The molecule has 3 heterocycles. The molecule has 5 heteroatoms. The van der Waals surface area contributed by atoms with Crippen molar-refractivity contribution in [3.05, 3.63) is 32.5 Å². The van der Waals surface area contributed by atoms with Crippen LogP contribution in [0.1, 0.15) is 34.0 Å². The summed E-state index contributed by atoms with van der Waals surface area (Å²) in [5.41, 5.74) is 2.39. The number of aryl methyl sites for hydroxylation is 1. The van der Waals surface area contributed by atoms with Crippen LogP contribution < -0.4 is 4.90 Å². The third-order valence-electron chi connectivity index (χ3n) is 3.28. The van der Waals surface area contributed by atoms with Crippen LogP contribution >= 0.6 is 22.7 Å². The smallest absolute Gasteiger partial charge is 0.186 e. The van der Waals surface area contributed by atoms with Gasteiger partial charge in [-0.2, -0.15) is 0 Å². The summed E-state index contributed by atoms with van der Waals surface area (Å²) in [4.78, 5) is 9.42. The molecule has 1 N–H and O–H groups in total. The Bertz CT molecular complexity index is 559. The van der Waals surface area contributed by atoms with Crippen LogP contribution in [-0.4, -0.2) is 16.6 Å². The van der Waals surface area contributed by atoms with Gasteiger partial charge in [0, 0.05) is 18.0 Å². The van der Waals surface area contributed by atoms with Crippen molar-refractivity contribution >= 4 is 27.8 Å². The first kappa shape index (κ1) is 12.1. The third kappa shape index (κ3) is 2.06. The molecule has 1 atom stereocenters. The first-order chi connectivity index (χ1) is 8.65. The monoisotopic (exact) mass is 280 g/mol. The van der Waals surface area contributed by atoms with Crippen molar-refractivity contribution in [2.75, 3.05) is 11.4 Å². The molecular formula is C13H16N2OS2. The Hall–Kier alpha value is -0.910. The molecule has 1 aliphatic heterocycles. The van der Waals surface area contributed by atoms with E-state index in [9.17, 15) is 5.11 Å². The Labute approximate surface area is 115 Å². The number of thiophene rings is 1. The average Bonchev–Trinajstić information content (AvgIpc) is 2.93. The Balaban J connectivity index is 1.86. The highest BCUT2D eigenvalue weighted by molar-refractivity contribution is 7.15. The minimum Gasteiger partial charge on any atom is -0.388 e. The maximum atomic E-state index is 9.69. The van der Waals surface area contributed by atoms with Crippen LogP contribution in [0.4, 0.5) is 5.13 Å². The first-order valence-corrected chi connectivity index (χ1v) is 7.80. The Morgan fingerprint density at radius 3 is 3.06 bits per heavy atom. The lowest BCUT2D eigenvalue weighted by molar-refractivity contribution is 0.202. The molecule has 18 heavy (non-hydrogen) atoms. The van der Waals surface area contributed by atoms with Gasteiger partial charge in [0.2, 0.25) is 0 Å². The summed E-state index contributed by atoms with van der Waals surface area (Å²) in [6.07, 6.45) is 0.688.